The molecule has 1 fully saturated rings. The highest BCUT2D eigenvalue weighted by Crippen LogP contribution is 2.35. The third kappa shape index (κ3) is 4.96. The zero-order chi connectivity index (χ0) is 24.3. The summed E-state index contributed by atoms with van der Waals surface area (Å²) in [6.07, 6.45) is 1.88. The average molecular weight is 472 g/mol. The minimum atomic E-state index is -3.66. The normalized spacial score (nSPS) is 18.7. The van der Waals surface area contributed by atoms with Gasteiger partial charge in [-0.1, -0.05) is 85.3 Å². The highest BCUT2D eigenvalue weighted by Gasteiger charge is 2.36. The van der Waals surface area contributed by atoms with Crippen LogP contribution in [0, 0.1) is 12.8 Å². The first-order valence-electron chi connectivity index (χ1n) is 11.4. The summed E-state index contributed by atoms with van der Waals surface area (Å²) < 4.78 is 28.2. The molecule has 1 heterocycles. The minimum absolute atomic E-state index is 0.0773. The van der Waals surface area contributed by atoms with E-state index >= 15 is 0 Å². The molecule has 174 valence electrons. The molecule has 3 aromatic carbocycles. The Bertz CT molecular complexity index is 1340. The Kier molecular flexibility index (Phi) is 6.96. The van der Waals surface area contributed by atoms with Crippen LogP contribution in [0.1, 0.15) is 30.5 Å². The van der Waals surface area contributed by atoms with Crippen LogP contribution < -0.4 is 0 Å². The molecule has 1 atom stereocenters. The summed E-state index contributed by atoms with van der Waals surface area (Å²) in [5.74, 6) is -0.157. The van der Waals surface area contributed by atoms with Crippen molar-refractivity contribution < 1.29 is 13.2 Å². The van der Waals surface area contributed by atoms with Crippen LogP contribution in [0.5, 0.6) is 0 Å². The Hall–Kier alpha value is -3.28. The molecule has 0 spiro atoms. The van der Waals surface area contributed by atoms with Gasteiger partial charge in [0.05, 0.1) is 4.90 Å². The number of carbonyl (C=O) groups is 1. The second kappa shape index (κ2) is 9.92. The van der Waals surface area contributed by atoms with Crippen LogP contribution in [0.25, 0.3) is 11.6 Å². The summed E-state index contributed by atoms with van der Waals surface area (Å²) >= 11 is 0. The van der Waals surface area contributed by atoms with Crippen LogP contribution in [0.4, 0.5) is 0 Å². The first kappa shape index (κ1) is 23.9. The van der Waals surface area contributed by atoms with Crippen LogP contribution in [0.3, 0.4) is 0 Å². The smallest absolute Gasteiger partial charge is 0.243 e. The molecule has 0 aromatic heterocycles. The summed E-state index contributed by atoms with van der Waals surface area (Å²) in [6, 6.07) is 26.2. The van der Waals surface area contributed by atoms with Gasteiger partial charge in [0.2, 0.25) is 10.0 Å². The largest absolute Gasteiger partial charge is 0.289 e. The second-order valence-electron chi connectivity index (χ2n) is 8.85. The van der Waals surface area contributed by atoms with E-state index in [2.05, 4.69) is 0 Å². The Morgan fingerprint density at radius 2 is 1.50 bits per heavy atom. The number of rotatable bonds is 6. The molecule has 1 aliphatic heterocycles. The Balaban J connectivity index is 1.76. The van der Waals surface area contributed by atoms with Crippen molar-refractivity contribution in [2.75, 3.05) is 13.1 Å². The van der Waals surface area contributed by atoms with E-state index in [1.807, 2.05) is 87.5 Å². The molecule has 5 heteroatoms. The molecule has 0 saturated carbocycles. The Morgan fingerprint density at radius 1 is 0.912 bits per heavy atom. The molecule has 4 rings (SSSR count). The predicted octanol–water partition coefficient (Wildman–Crippen LogP) is 5.76. The van der Waals surface area contributed by atoms with E-state index in [-0.39, 0.29) is 23.1 Å². The van der Waals surface area contributed by atoms with Gasteiger partial charge in [0.25, 0.3) is 0 Å². The van der Waals surface area contributed by atoms with Crippen molar-refractivity contribution in [3.8, 4) is 0 Å². The van der Waals surface area contributed by atoms with Gasteiger partial charge in [0.1, 0.15) is 0 Å². The lowest BCUT2D eigenvalue weighted by Crippen LogP contribution is -2.28. The molecule has 0 N–H and O–H groups in total. The van der Waals surface area contributed by atoms with Crippen LogP contribution in [0.2, 0.25) is 0 Å². The second-order valence-corrected chi connectivity index (χ2v) is 10.8. The third-order valence-corrected chi connectivity index (χ3v) is 8.06. The van der Waals surface area contributed by atoms with E-state index in [4.69, 9.17) is 0 Å². The van der Waals surface area contributed by atoms with E-state index in [0.717, 1.165) is 22.3 Å². The van der Waals surface area contributed by atoms with E-state index in [1.165, 1.54) is 4.31 Å². The fraction of sp³-hybridized carbons (Fsp3) is 0.207. The molecule has 0 bridgehead atoms. The highest BCUT2D eigenvalue weighted by molar-refractivity contribution is 7.89. The zero-order valence-corrected chi connectivity index (χ0v) is 20.5. The highest BCUT2D eigenvalue weighted by atomic mass is 32.2. The van der Waals surface area contributed by atoms with E-state index < -0.39 is 10.0 Å². The predicted molar refractivity (Wildman–Crippen MR) is 138 cm³/mol. The van der Waals surface area contributed by atoms with Crippen LogP contribution in [0.15, 0.2) is 101 Å². The van der Waals surface area contributed by atoms with Gasteiger partial charge in [-0.3, -0.25) is 4.79 Å². The fourth-order valence-electron chi connectivity index (χ4n) is 4.32. The number of sulfonamides is 1. The van der Waals surface area contributed by atoms with Crippen molar-refractivity contribution in [1.29, 1.82) is 0 Å². The van der Waals surface area contributed by atoms with Crippen molar-refractivity contribution in [3.63, 3.8) is 0 Å². The molecule has 1 aliphatic rings. The van der Waals surface area contributed by atoms with Crippen LogP contribution >= 0.6 is 0 Å². The van der Waals surface area contributed by atoms with Gasteiger partial charge in [0, 0.05) is 18.7 Å². The van der Waals surface area contributed by atoms with Crippen molar-refractivity contribution in [1.82, 2.24) is 4.31 Å². The first-order valence-corrected chi connectivity index (χ1v) is 12.8. The molecular weight excluding hydrogens is 442 g/mol. The number of hydrogen-bond acceptors (Lipinski definition) is 3. The number of carbonyl (C=O) groups excluding carboxylic acids is 1. The molecule has 4 nitrogen and oxygen atoms in total. The number of allylic oxidation sites excluding steroid dienone is 2. The number of hydrogen-bond donors (Lipinski definition) is 0. The molecule has 0 unspecified atom stereocenters. The molecule has 0 radical (unpaired) electrons. The summed E-state index contributed by atoms with van der Waals surface area (Å²) in [4.78, 5) is 14.0. The van der Waals surface area contributed by atoms with Gasteiger partial charge < -0.3 is 0 Å². The molecule has 1 saturated heterocycles. The standard InChI is InChI=1S/C29H29NO3S/c1-21-14-16-26(17-15-21)34(32,33)30-19-23(3)27(20-30)28(25-12-8-5-9-13-25)29(31)22(2)18-24-10-6-4-7-11-24/h4-18,23H,19-20H2,1-3H3/b22-18+,28-27-/t23-/m1/s1. The van der Waals surface area contributed by atoms with Crippen molar-refractivity contribution in [2.45, 2.75) is 25.7 Å². The quantitative estimate of drug-likeness (QED) is 0.430. The number of aryl methyl sites for hydroxylation is 1. The van der Waals surface area contributed by atoms with Gasteiger partial charge in [-0.25, -0.2) is 8.42 Å². The monoisotopic (exact) mass is 471 g/mol. The maximum atomic E-state index is 13.8. The van der Waals surface area contributed by atoms with Crippen molar-refractivity contribution >= 4 is 27.5 Å². The fourth-order valence-corrected chi connectivity index (χ4v) is 5.83. The minimum Gasteiger partial charge on any atom is -0.289 e. The van der Waals surface area contributed by atoms with Gasteiger partial charge in [-0.15, -0.1) is 0 Å². The zero-order valence-electron chi connectivity index (χ0n) is 19.7. The van der Waals surface area contributed by atoms with Gasteiger partial charge in [-0.05, 0) is 60.2 Å². The van der Waals surface area contributed by atoms with Gasteiger partial charge in [-0.2, -0.15) is 4.31 Å². The summed E-state index contributed by atoms with van der Waals surface area (Å²) in [5, 5.41) is 0. The van der Waals surface area contributed by atoms with Crippen molar-refractivity contribution in [2.24, 2.45) is 5.92 Å². The molecule has 0 aliphatic carbocycles. The average Bonchev–Trinajstić information content (AvgIpc) is 3.23. The van der Waals surface area contributed by atoms with E-state index in [1.54, 1.807) is 24.3 Å². The Morgan fingerprint density at radius 3 is 2.12 bits per heavy atom. The lowest BCUT2D eigenvalue weighted by atomic mass is 9.88. The number of benzene rings is 3. The Labute approximate surface area is 202 Å². The number of ketones is 1. The topological polar surface area (TPSA) is 54.5 Å². The van der Waals surface area contributed by atoms with Crippen LogP contribution in [-0.4, -0.2) is 31.6 Å². The van der Waals surface area contributed by atoms with E-state index in [0.29, 0.717) is 17.7 Å². The van der Waals surface area contributed by atoms with Crippen molar-refractivity contribution in [3.05, 3.63) is 113 Å². The van der Waals surface area contributed by atoms with Gasteiger partial charge in [0.15, 0.2) is 5.78 Å². The van der Waals surface area contributed by atoms with E-state index in [9.17, 15) is 13.2 Å². The molecule has 0 amide bonds. The molecular formula is C29H29NO3S. The molecule has 34 heavy (non-hydrogen) atoms. The number of Topliss-reactive ketones (excluding diaryl/α,β-unsaturated/α-hetero) is 1. The lowest BCUT2D eigenvalue weighted by molar-refractivity contribution is -0.110. The SMILES string of the molecule is C/C(=C\c1ccccc1)C(=O)/C(=C1/CN(S(=O)(=O)c2ccc(C)cc2)C[C@H]1C)c1ccccc1. The van der Waals surface area contributed by atoms with Gasteiger partial charge >= 0.3 is 0 Å². The van der Waals surface area contributed by atoms with Crippen LogP contribution in [-0.2, 0) is 14.8 Å². The maximum Gasteiger partial charge on any atom is 0.243 e. The summed E-state index contributed by atoms with van der Waals surface area (Å²) in [7, 11) is -3.66. The lowest BCUT2D eigenvalue weighted by Gasteiger charge is -2.16. The summed E-state index contributed by atoms with van der Waals surface area (Å²) in [6.45, 7) is 6.28. The first-order chi connectivity index (χ1) is 16.3. The molecule has 3 aromatic rings. The number of nitrogens with zero attached hydrogens (tertiary/aromatic N) is 1. The maximum absolute atomic E-state index is 13.8. The third-order valence-electron chi connectivity index (χ3n) is 6.23. The summed E-state index contributed by atoms with van der Waals surface area (Å²) in [5.41, 5.74) is 4.84.